The summed E-state index contributed by atoms with van der Waals surface area (Å²) in [4.78, 5) is 2.46. The number of hydrogen-bond donors (Lipinski definition) is 1. The maximum atomic E-state index is 5.39. The number of morpholine rings is 1. The first-order valence-corrected chi connectivity index (χ1v) is 8.40. The van der Waals surface area contributed by atoms with Gasteiger partial charge in [-0.05, 0) is 23.6 Å². The third-order valence-corrected chi connectivity index (χ3v) is 4.45. The van der Waals surface area contributed by atoms with Gasteiger partial charge in [0.1, 0.15) is 0 Å². The lowest BCUT2D eigenvalue weighted by Gasteiger charge is -2.26. The van der Waals surface area contributed by atoms with Crippen LogP contribution in [0.4, 0.5) is 0 Å². The molecule has 0 spiro atoms. The molecule has 21 heavy (non-hydrogen) atoms. The lowest BCUT2D eigenvalue weighted by Crippen LogP contribution is -2.35. The summed E-state index contributed by atoms with van der Waals surface area (Å²) >= 11 is 0. The van der Waals surface area contributed by atoms with Crippen molar-refractivity contribution >= 4 is 0 Å². The van der Waals surface area contributed by atoms with Crippen LogP contribution in [-0.2, 0) is 17.8 Å². The minimum Gasteiger partial charge on any atom is -0.379 e. The van der Waals surface area contributed by atoms with Gasteiger partial charge in [-0.3, -0.25) is 4.90 Å². The van der Waals surface area contributed by atoms with Crippen molar-refractivity contribution in [3.05, 3.63) is 35.4 Å². The number of hydrogen-bond acceptors (Lipinski definition) is 3. The van der Waals surface area contributed by atoms with Crippen LogP contribution in [0.5, 0.6) is 0 Å². The molecule has 118 valence electrons. The van der Waals surface area contributed by atoms with E-state index in [4.69, 9.17) is 4.74 Å². The van der Waals surface area contributed by atoms with E-state index in [-0.39, 0.29) is 0 Å². The summed E-state index contributed by atoms with van der Waals surface area (Å²) in [6, 6.07) is 9.05. The lowest BCUT2D eigenvalue weighted by molar-refractivity contribution is 0.0342. The highest BCUT2D eigenvalue weighted by Gasteiger charge is 2.10. The minimum absolute atomic E-state index is 0.811. The molecule has 0 bridgehead atoms. The Morgan fingerprint density at radius 1 is 1.05 bits per heavy atom. The average Bonchev–Trinajstić information content (AvgIpc) is 2.54. The number of rotatable bonds is 8. The van der Waals surface area contributed by atoms with Gasteiger partial charge in [0.05, 0.1) is 13.2 Å². The maximum absolute atomic E-state index is 5.39. The standard InChI is InChI=1S/C18H30N2O/c1-3-16(4-2)13-19-14-17-5-7-18(8-6-17)15-20-9-11-21-12-10-20/h5-8,16,19H,3-4,9-15H2,1-2H3. The molecule has 0 saturated carbocycles. The Kier molecular flexibility index (Phi) is 7.20. The first-order chi connectivity index (χ1) is 10.3. The predicted molar refractivity (Wildman–Crippen MR) is 88.3 cm³/mol. The summed E-state index contributed by atoms with van der Waals surface area (Å²) in [7, 11) is 0. The van der Waals surface area contributed by atoms with Crippen LogP contribution in [0.15, 0.2) is 24.3 Å². The molecule has 0 radical (unpaired) electrons. The Morgan fingerprint density at radius 3 is 2.29 bits per heavy atom. The quantitative estimate of drug-likeness (QED) is 0.796. The van der Waals surface area contributed by atoms with Crippen molar-refractivity contribution in [2.75, 3.05) is 32.8 Å². The van der Waals surface area contributed by atoms with Gasteiger partial charge in [0.15, 0.2) is 0 Å². The number of nitrogens with one attached hydrogen (secondary N) is 1. The van der Waals surface area contributed by atoms with E-state index < -0.39 is 0 Å². The molecule has 0 aliphatic carbocycles. The molecule has 1 heterocycles. The van der Waals surface area contributed by atoms with Crippen molar-refractivity contribution in [1.82, 2.24) is 10.2 Å². The SMILES string of the molecule is CCC(CC)CNCc1ccc(CN2CCOCC2)cc1. The van der Waals surface area contributed by atoms with Crippen LogP contribution < -0.4 is 5.32 Å². The number of nitrogens with zero attached hydrogens (tertiary/aromatic N) is 1. The summed E-state index contributed by atoms with van der Waals surface area (Å²) in [5, 5.41) is 3.58. The van der Waals surface area contributed by atoms with Crippen LogP contribution in [-0.4, -0.2) is 37.7 Å². The number of ether oxygens (including phenoxy) is 1. The Morgan fingerprint density at radius 2 is 1.67 bits per heavy atom. The van der Waals surface area contributed by atoms with E-state index in [1.165, 1.54) is 24.0 Å². The fourth-order valence-electron chi connectivity index (χ4n) is 2.78. The smallest absolute Gasteiger partial charge is 0.0594 e. The second-order valence-corrected chi connectivity index (χ2v) is 6.02. The molecule has 3 heteroatoms. The molecule has 3 nitrogen and oxygen atoms in total. The Hall–Kier alpha value is -0.900. The molecule has 1 fully saturated rings. The molecule has 0 unspecified atom stereocenters. The topological polar surface area (TPSA) is 24.5 Å². The highest BCUT2D eigenvalue weighted by Crippen LogP contribution is 2.10. The Labute approximate surface area is 129 Å². The second-order valence-electron chi connectivity index (χ2n) is 6.02. The van der Waals surface area contributed by atoms with Crippen molar-refractivity contribution in [2.45, 2.75) is 39.8 Å². The van der Waals surface area contributed by atoms with Crippen molar-refractivity contribution < 1.29 is 4.74 Å². The van der Waals surface area contributed by atoms with Gasteiger partial charge in [-0.15, -0.1) is 0 Å². The molecule has 1 aliphatic rings. The van der Waals surface area contributed by atoms with Crippen molar-refractivity contribution in [1.29, 1.82) is 0 Å². The zero-order valence-electron chi connectivity index (χ0n) is 13.6. The molecule has 2 rings (SSSR count). The zero-order valence-corrected chi connectivity index (χ0v) is 13.6. The van der Waals surface area contributed by atoms with Crippen LogP contribution in [0.25, 0.3) is 0 Å². The van der Waals surface area contributed by atoms with E-state index in [0.29, 0.717) is 0 Å². The molecule has 1 N–H and O–H groups in total. The van der Waals surface area contributed by atoms with Gasteiger partial charge in [-0.2, -0.15) is 0 Å². The van der Waals surface area contributed by atoms with Crippen LogP contribution >= 0.6 is 0 Å². The molecule has 1 aliphatic heterocycles. The molecule has 1 aromatic carbocycles. The predicted octanol–water partition coefficient (Wildman–Crippen LogP) is 3.04. The third kappa shape index (κ3) is 5.77. The summed E-state index contributed by atoms with van der Waals surface area (Å²) in [6.45, 7) is 11.6. The van der Waals surface area contributed by atoms with Crippen molar-refractivity contribution in [2.24, 2.45) is 5.92 Å². The van der Waals surface area contributed by atoms with Gasteiger partial charge >= 0.3 is 0 Å². The molecule has 1 aromatic rings. The van der Waals surface area contributed by atoms with E-state index in [0.717, 1.165) is 51.9 Å². The van der Waals surface area contributed by atoms with E-state index in [9.17, 15) is 0 Å². The lowest BCUT2D eigenvalue weighted by atomic mass is 10.0. The molecule has 0 aromatic heterocycles. The van der Waals surface area contributed by atoms with Gasteiger partial charge in [-0.25, -0.2) is 0 Å². The average molecular weight is 290 g/mol. The second kappa shape index (κ2) is 9.19. The summed E-state index contributed by atoms with van der Waals surface area (Å²) in [6.07, 6.45) is 2.53. The van der Waals surface area contributed by atoms with E-state index in [1.54, 1.807) is 0 Å². The monoisotopic (exact) mass is 290 g/mol. The highest BCUT2D eigenvalue weighted by molar-refractivity contribution is 5.22. The first kappa shape index (κ1) is 16.5. The normalized spacial score (nSPS) is 16.5. The molecular weight excluding hydrogens is 260 g/mol. The van der Waals surface area contributed by atoms with Crippen molar-refractivity contribution in [3.8, 4) is 0 Å². The zero-order chi connectivity index (χ0) is 14.9. The van der Waals surface area contributed by atoms with Gasteiger partial charge in [-0.1, -0.05) is 51.0 Å². The summed E-state index contributed by atoms with van der Waals surface area (Å²) < 4.78 is 5.39. The Bertz CT molecular complexity index is 381. The third-order valence-electron chi connectivity index (χ3n) is 4.45. The van der Waals surface area contributed by atoms with Gasteiger partial charge in [0.2, 0.25) is 0 Å². The van der Waals surface area contributed by atoms with Crippen LogP contribution in [0, 0.1) is 5.92 Å². The van der Waals surface area contributed by atoms with E-state index >= 15 is 0 Å². The van der Waals surface area contributed by atoms with Crippen LogP contribution in [0.2, 0.25) is 0 Å². The van der Waals surface area contributed by atoms with Crippen molar-refractivity contribution in [3.63, 3.8) is 0 Å². The highest BCUT2D eigenvalue weighted by atomic mass is 16.5. The summed E-state index contributed by atoms with van der Waals surface area (Å²) in [5.41, 5.74) is 2.78. The molecular formula is C18H30N2O. The maximum Gasteiger partial charge on any atom is 0.0594 e. The van der Waals surface area contributed by atoms with Gasteiger partial charge in [0, 0.05) is 26.2 Å². The van der Waals surface area contributed by atoms with Gasteiger partial charge in [0.25, 0.3) is 0 Å². The number of benzene rings is 1. The van der Waals surface area contributed by atoms with Gasteiger partial charge < -0.3 is 10.1 Å². The Balaban J connectivity index is 1.73. The molecule has 1 saturated heterocycles. The van der Waals surface area contributed by atoms with Crippen LogP contribution in [0.1, 0.15) is 37.8 Å². The van der Waals surface area contributed by atoms with Crippen LogP contribution in [0.3, 0.4) is 0 Å². The largest absolute Gasteiger partial charge is 0.379 e. The minimum atomic E-state index is 0.811. The fourth-order valence-corrected chi connectivity index (χ4v) is 2.78. The fraction of sp³-hybridized carbons (Fsp3) is 0.667. The van der Waals surface area contributed by atoms with E-state index in [1.807, 2.05) is 0 Å². The summed E-state index contributed by atoms with van der Waals surface area (Å²) in [5.74, 6) is 0.811. The molecule has 0 amide bonds. The van der Waals surface area contributed by atoms with E-state index in [2.05, 4.69) is 48.3 Å². The first-order valence-electron chi connectivity index (χ1n) is 8.40. The molecule has 0 atom stereocenters.